The third-order valence-corrected chi connectivity index (χ3v) is 4.12. The summed E-state index contributed by atoms with van der Waals surface area (Å²) in [6, 6.07) is 7.99. The second kappa shape index (κ2) is 8.80. The fraction of sp³-hybridized carbons (Fsp3) is 0.444. The van der Waals surface area contributed by atoms with Crippen LogP contribution < -0.4 is 10.6 Å². The molecule has 0 aliphatic rings. The SMILES string of the molecule is COC[C@H](C)Nc1nc(-c2ccc(NC(=O)CC(C)C)cc2)cs1. The van der Waals surface area contributed by atoms with E-state index >= 15 is 0 Å². The molecule has 6 heteroatoms. The van der Waals surface area contributed by atoms with Crippen molar-refractivity contribution in [2.75, 3.05) is 24.4 Å². The van der Waals surface area contributed by atoms with Crippen LogP contribution in [0.4, 0.5) is 10.8 Å². The number of hydrogen-bond donors (Lipinski definition) is 2. The molecule has 0 saturated carbocycles. The Hall–Kier alpha value is -1.92. The van der Waals surface area contributed by atoms with Crippen LogP contribution >= 0.6 is 11.3 Å². The standard InChI is InChI=1S/C18H25N3O2S/c1-12(2)9-17(22)20-15-7-5-14(6-8-15)16-11-24-18(21-16)19-13(3)10-23-4/h5-8,11-13H,9-10H2,1-4H3,(H,19,21)(H,20,22)/t13-/m0/s1. The van der Waals surface area contributed by atoms with E-state index in [-0.39, 0.29) is 11.9 Å². The third kappa shape index (κ3) is 5.62. The monoisotopic (exact) mass is 347 g/mol. The number of hydrogen-bond acceptors (Lipinski definition) is 5. The number of ether oxygens (including phenoxy) is 1. The molecule has 130 valence electrons. The summed E-state index contributed by atoms with van der Waals surface area (Å²) >= 11 is 1.57. The smallest absolute Gasteiger partial charge is 0.224 e. The first-order valence-electron chi connectivity index (χ1n) is 8.09. The van der Waals surface area contributed by atoms with Gasteiger partial charge in [-0.25, -0.2) is 4.98 Å². The highest BCUT2D eigenvalue weighted by Gasteiger charge is 2.09. The lowest BCUT2D eigenvalue weighted by Crippen LogP contribution is -2.20. The Morgan fingerprint density at radius 3 is 2.58 bits per heavy atom. The molecule has 0 unspecified atom stereocenters. The summed E-state index contributed by atoms with van der Waals surface area (Å²) in [4.78, 5) is 16.4. The molecule has 2 N–H and O–H groups in total. The van der Waals surface area contributed by atoms with E-state index in [0.29, 0.717) is 18.9 Å². The molecule has 1 heterocycles. The van der Waals surface area contributed by atoms with Crippen molar-refractivity contribution in [2.45, 2.75) is 33.2 Å². The Morgan fingerprint density at radius 1 is 1.25 bits per heavy atom. The molecule has 5 nitrogen and oxygen atoms in total. The maximum Gasteiger partial charge on any atom is 0.224 e. The van der Waals surface area contributed by atoms with Gasteiger partial charge in [-0.05, 0) is 25.0 Å². The van der Waals surface area contributed by atoms with Crippen LogP contribution in [0.3, 0.4) is 0 Å². The van der Waals surface area contributed by atoms with Gasteiger partial charge < -0.3 is 15.4 Å². The van der Waals surface area contributed by atoms with Gasteiger partial charge >= 0.3 is 0 Å². The normalized spacial score (nSPS) is 12.2. The zero-order valence-electron chi connectivity index (χ0n) is 14.6. The van der Waals surface area contributed by atoms with E-state index in [4.69, 9.17) is 4.74 Å². The number of benzene rings is 1. The van der Waals surface area contributed by atoms with Crippen LogP contribution in [0.25, 0.3) is 11.3 Å². The summed E-state index contributed by atoms with van der Waals surface area (Å²) in [5, 5.41) is 9.13. The number of carbonyl (C=O) groups excluding carboxylic acids is 1. The van der Waals surface area contributed by atoms with Gasteiger partial charge in [-0.3, -0.25) is 4.79 Å². The average Bonchev–Trinajstić information content (AvgIpc) is 2.95. The maximum atomic E-state index is 11.8. The molecule has 2 aromatic rings. The molecule has 24 heavy (non-hydrogen) atoms. The summed E-state index contributed by atoms with van der Waals surface area (Å²) in [6.07, 6.45) is 0.530. The van der Waals surface area contributed by atoms with Crippen LogP contribution in [-0.2, 0) is 9.53 Å². The molecule has 0 spiro atoms. The lowest BCUT2D eigenvalue weighted by molar-refractivity contribution is -0.116. The Labute approximate surface area is 147 Å². The topological polar surface area (TPSA) is 63.2 Å². The van der Waals surface area contributed by atoms with Crippen LogP contribution in [0.2, 0.25) is 0 Å². The second-order valence-corrected chi connectivity index (χ2v) is 7.12. The molecule has 0 aliphatic carbocycles. The predicted molar refractivity (Wildman–Crippen MR) is 101 cm³/mol. The number of carbonyl (C=O) groups is 1. The molecule has 0 saturated heterocycles. The van der Waals surface area contributed by atoms with Crippen LogP contribution in [0, 0.1) is 5.92 Å². The fourth-order valence-corrected chi connectivity index (χ4v) is 3.11. The molecule has 1 aromatic carbocycles. The molecule has 1 atom stereocenters. The highest BCUT2D eigenvalue weighted by atomic mass is 32.1. The Bertz CT molecular complexity index is 653. The number of anilines is 2. The summed E-state index contributed by atoms with van der Waals surface area (Å²) in [6.45, 7) is 6.76. The molecule has 1 amide bonds. The number of nitrogens with zero attached hydrogens (tertiary/aromatic N) is 1. The lowest BCUT2D eigenvalue weighted by Gasteiger charge is -2.10. The highest BCUT2D eigenvalue weighted by Crippen LogP contribution is 2.26. The van der Waals surface area contributed by atoms with Crippen LogP contribution in [0.5, 0.6) is 0 Å². The summed E-state index contributed by atoms with van der Waals surface area (Å²) in [5.41, 5.74) is 2.76. The first-order valence-corrected chi connectivity index (χ1v) is 8.97. The van der Waals surface area contributed by atoms with Crippen LogP contribution in [-0.4, -0.2) is 30.6 Å². The minimum atomic E-state index is 0.0463. The van der Waals surface area contributed by atoms with Gasteiger partial charge in [-0.1, -0.05) is 26.0 Å². The maximum absolute atomic E-state index is 11.8. The van der Waals surface area contributed by atoms with E-state index < -0.39 is 0 Å². The van der Waals surface area contributed by atoms with Crippen molar-refractivity contribution in [3.63, 3.8) is 0 Å². The first-order chi connectivity index (χ1) is 11.5. The second-order valence-electron chi connectivity index (χ2n) is 6.26. The van der Waals surface area contributed by atoms with Crippen LogP contribution in [0.1, 0.15) is 27.2 Å². The molecule has 0 radical (unpaired) electrons. The minimum Gasteiger partial charge on any atom is -0.383 e. The van der Waals surface area contributed by atoms with Gasteiger partial charge in [0.2, 0.25) is 5.91 Å². The van der Waals surface area contributed by atoms with Gasteiger partial charge in [-0.2, -0.15) is 0 Å². The Morgan fingerprint density at radius 2 is 1.96 bits per heavy atom. The number of nitrogens with one attached hydrogen (secondary N) is 2. The Kier molecular flexibility index (Phi) is 6.75. The number of methoxy groups -OCH3 is 1. The van der Waals surface area contributed by atoms with E-state index in [1.165, 1.54) is 0 Å². The van der Waals surface area contributed by atoms with Crippen molar-refractivity contribution in [1.82, 2.24) is 4.98 Å². The van der Waals surface area contributed by atoms with Crippen molar-refractivity contribution in [1.29, 1.82) is 0 Å². The summed E-state index contributed by atoms with van der Waals surface area (Å²) in [5.74, 6) is 0.399. The summed E-state index contributed by atoms with van der Waals surface area (Å²) in [7, 11) is 1.69. The van der Waals surface area contributed by atoms with Crippen molar-refractivity contribution >= 4 is 28.1 Å². The van der Waals surface area contributed by atoms with Crippen molar-refractivity contribution in [3.05, 3.63) is 29.6 Å². The fourth-order valence-electron chi connectivity index (χ4n) is 2.28. The number of aromatic nitrogens is 1. The van der Waals surface area contributed by atoms with Gasteiger partial charge in [0.05, 0.1) is 12.3 Å². The van der Waals surface area contributed by atoms with Crippen molar-refractivity contribution in [2.24, 2.45) is 5.92 Å². The van der Waals surface area contributed by atoms with E-state index in [2.05, 4.69) is 22.5 Å². The Balaban J connectivity index is 1.98. The van der Waals surface area contributed by atoms with E-state index in [0.717, 1.165) is 22.1 Å². The molecule has 1 aromatic heterocycles. The predicted octanol–water partition coefficient (Wildman–Crippen LogP) is 4.24. The lowest BCUT2D eigenvalue weighted by atomic mass is 10.1. The van der Waals surface area contributed by atoms with Gasteiger partial charge in [0.1, 0.15) is 0 Å². The largest absolute Gasteiger partial charge is 0.383 e. The van der Waals surface area contributed by atoms with Crippen molar-refractivity contribution in [3.8, 4) is 11.3 Å². The van der Waals surface area contributed by atoms with E-state index in [1.54, 1.807) is 18.4 Å². The third-order valence-electron chi connectivity index (χ3n) is 3.35. The van der Waals surface area contributed by atoms with Crippen LogP contribution in [0.15, 0.2) is 29.6 Å². The first kappa shape index (κ1) is 18.4. The molecular formula is C18H25N3O2S. The summed E-state index contributed by atoms with van der Waals surface area (Å²) < 4.78 is 5.12. The molecular weight excluding hydrogens is 322 g/mol. The van der Waals surface area contributed by atoms with Gasteiger partial charge in [0.15, 0.2) is 5.13 Å². The molecule has 0 aliphatic heterocycles. The molecule has 0 fully saturated rings. The van der Waals surface area contributed by atoms with Crippen molar-refractivity contribution < 1.29 is 9.53 Å². The highest BCUT2D eigenvalue weighted by molar-refractivity contribution is 7.14. The van der Waals surface area contributed by atoms with E-state index in [9.17, 15) is 4.79 Å². The number of rotatable bonds is 8. The zero-order chi connectivity index (χ0) is 17.5. The minimum absolute atomic E-state index is 0.0463. The average molecular weight is 347 g/mol. The van der Waals surface area contributed by atoms with E-state index in [1.807, 2.05) is 43.5 Å². The number of thiazole rings is 1. The quantitative estimate of drug-likeness (QED) is 0.750. The van der Waals surface area contributed by atoms with Gasteiger partial charge in [0, 0.05) is 36.2 Å². The molecule has 0 bridgehead atoms. The zero-order valence-corrected chi connectivity index (χ0v) is 15.4. The van der Waals surface area contributed by atoms with Gasteiger partial charge in [-0.15, -0.1) is 11.3 Å². The number of amides is 1. The van der Waals surface area contributed by atoms with Gasteiger partial charge in [0.25, 0.3) is 0 Å². The molecule has 2 rings (SSSR count).